The zero-order chi connectivity index (χ0) is 12.3. The van der Waals surface area contributed by atoms with Gasteiger partial charge in [0.1, 0.15) is 0 Å². The van der Waals surface area contributed by atoms with E-state index in [1.165, 1.54) is 18.6 Å². The third-order valence-corrected chi connectivity index (χ3v) is 4.46. The fourth-order valence-electron chi connectivity index (χ4n) is 1.78. The number of aromatic nitrogens is 3. The summed E-state index contributed by atoms with van der Waals surface area (Å²) in [6, 6.07) is 0. The van der Waals surface area contributed by atoms with Gasteiger partial charge in [0.05, 0.1) is 0 Å². The Morgan fingerprint density at radius 1 is 1.35 bits per heavy atom. The fraction of sp³-hybridized carbons (Fsp3) is 0.700. The van der Waals surface area contributed by atoms with Crippen molar-refractivity contribution < 1.29 is 0 Å². The van der Waals surface area contributed by atoms with E-state index in [0.717, 1.165) is 6.54 Å². The van der Waals surface area contributed by atoms with E-state index in [-0.39, 0.29) is 10.0 Å². The topological polar surface area (TPSA) is 62.7 Å². The molecule has 7 heteroatoms. The van der Waals surface area contributed by atoms with E-state index in [9.17, 15) is 0 Å². The van der Waals surface area contributed by atoms with Crippen LogP contribution in [0.5, 0.6) is 0 Å². The second-order valence-electron chi connectivity index (χ2n) is 4.26. The van der Waals surface area contributed by atoms with Crippen LogP contribution in [0.25, 0.3) is 0 Å². The summed E-state index contributed by atoms with van der Waals surface area (Å²) in [5.74, 6) is 2.25. The van der Waals surface area contributed by atoms with Crippen LogP contribution in [-0.2, 0) is 0 Å². The molecule has 1 aromatic heterocycles. The van der Waals surface area contributed by atoms with E-state index in [1.807, 2.05) is 11.8 Å². The van der Waals surface area contributed by atoms with E-state index in [0.29, 0.717) is 11.9 Å². The van der Waals surface area contributed by atoms with Gasteiger partial charge in [-0.3, -0.25) is 0 Å². The van der Waals surface area contributed by atoms with Gasteiger partial charge in [0.15, 0.2) is 0 Å². The maximum absolute atomic E-state index is 5.81. The van der Waals surface area contributed by atoms with Gasteiger partial charge < -0.3 is 10.6 Å². The van der Waals surface area contributed by atoms with Crippen molar-refractivity contribution in [1.82, 2.24) is 15.0 Å². The predicted molar refractivity (Wildman–Crippen MR) is 73.0 cm³/mol. The van der Waals surface area contributed by atoms with Gasteiger partial charge in [0, 0.05) is 18.3 Å². The van der Waals surface area contributed by atoms with Crippen LogP contribution in [0, 0.1) is 0 Å². The first kappa shape index (κ1) is 12.7. The van der Waals surface area contributed by atoms with Crippen LogP contribution in [0.4, 0.5) is 11.9 Å². The van der Waals surface area contributed by atoms with Gasteiger partial charge in [0.2, 0.25) is 17.2 Å². The summed E-state index contributed by atoms with van der Waals surface area (Å²) in [6.45, 7) is 3.11. The predicted octanol–water partition coefficient (Wildman–Crippen LogP) is 2.26. The number of nitrogens with zero attached hydrogens (tertiary/aromatic N) is 3. The highest BCUT2D eigenvalue weighted by Crippen LogP contribution is 2.37. The fourth-order valence-corrected chi connectivity index (χ4v) is 3.19. The number of nitrogens with one attached hydrogen (secondary N) is 2. The monoisotopic (exact) mass is 273 g/mol. The van der Waals surface area contributed by atoms with Gasteiger partial charge in [-0.2, -0.15) is 26.7 Å². The normalized spacial score (nSPS) is 23.7. The molecule has 0 saturated carbocycles. The van der Waals surface area contributed by atoms with Crippen molar-refractivity contribution in [2.75, 3.05) is 30.0 Å². The van der Waals surface area contributed by atoms with Gasteiger partial charge in [-0.1, -0.05) is 0 Å². The Hall–Kier alpha value is -0.750. The van der Waals surface area contributed by atoms with Gasteiger partial charge in [-0.05, 0) is 37.1 Å². The number of rotatable bonds is 4. The standard InChI is InChI=1S/C10H16ClN5S/c1-10(4-3-5-17-10)6-13-9-15-7(11)14-8(12-2)16-9/h3-6H2,1-2H3,(H2,12,13,14,15,16). The summed E-state index contributed by atoms with van der Waals surface area (Å²) in [5, 5.41) is 6.29. The molecule has 1 aromatic rings. The number of hydrogen-bond acceptors (Lipinski definition) is 6. The zero-order valence-corrected chi connectivity index (χ0v) is 11.5. The number of anilines is 2. The molecule has 0 spiro atoms. The Morgan fingerprint density at radius 2 is 2.12 bits per heavy atom. The molecule has 1 saturated heterocycles. The lowest BCUT2D eigenvalue weighted by Gasteiger charge is -2.22. The van der Waals surface area contributed by atoms with E-state index >= 15 is 0 Å². The van der Waals surface area contributed by atoms with Crippen molar-refractivity contribution in [2.24, 2.45) is 0 Å². The highest BCUT2D eigenvalue weighted by molar-refractivity contribution is 8.00. The number of hydrogen-bond donors (Lipinski definition) is 2. The van der Waals surface area contributed by atoms with Crippen molar-refractivity contribution in [2.45, 2.75) is 24.5 Å². The molecular weight excluding hydrogens is 258 g/mol. The van der Waals surface area contributed by atoms with Gasteiger partial charge in [0.25, 0.3) is 0 Å². The molecule has 2 heterocycles. The molecule has 5 nitrogen and oxygen atoms in total. The minimum absolute atomic E-state index is 0.205. The lowest BCUT2D eigenvalue weighted by atomic mass is 10.1. The Morgan fingerprint density at radius 3 is 2.76 bits per heavy atom. The van der Waals surface area contributed by atoms with Crippen LogP contribution < -0.4 is 10.6 Å². The van der Waals surface area contributed by atoms with Crippen molar-refractivity contribution >= 4 is 35.3 Å². The van der Waals surface area contributed by atoms with Crippen LogP contribution in [0.1, 0.15) is 19.8 Å². The highest BCUT2D eigenvalue weighted by atomic mass is 35.5. The second-order valence-corrected chi connectivity index (χ2v) is 6.28. The van der Waals surface area contributed by atoms with E-state index in [4.69, 9.17) is 11.6 Å². The molecule has 2 N–H and O–H groups in total. The average molecular weight is 274 g/mol. The van der Waals surface area contributed by atoms with Crippen LogP contribution in [0.15, 0.2) is 0 Å². The van der Waals surface area contributed by atoms with Gasteiger partial charge >= 0.3 is 0 Å². The number of halogens is 1. The molecule has 1 aliphatic heterocycles. The average Bonchev–Trinajstić information content (AvgIpc) is 2.73. The van der Waals surface area contributed by atoms with Gasteiger partial charge in [-0.25, -0.2) is 0 Å². The van der Waals surface area contributed by atoms with E-state index in [1.54, 1.807) is 7.05 Å². The van der Waals surface area contributed by atoms with Crippen LogP contribution >= 0.6 is 23.4 Å². The summed E-state index contributed by atoms with van der Waals surface area (Å²) in [6.07, 6.45) is 2.50. The lowest BCUT2D eigenvalue weighted by Crippen LogP contribution is -2.27. The molecule has 1 atom stereocenters. The zero-order valence-electron chi connectivity index (χ0n) is 9.96. The first-order valence-corrected chi connectivity index (χ1v) is 6.95. The van der Waals surface area contributed by atoms with Gasteiger partial charge in [-0.15, -0.1) is 0 Å². The Labute approximate surface area is 110 Å². The molecule has 1 fully saturated rings. The maximum Gasteiger partial charge on any atom is 0.228 e. The highest BCUT2D eigenvalue weighted by Gasteiger charge is 2.29. The van der Waals surface area contributed by atoms with Crippen molar-refractivity contribution in [3.8, 4) is 0 Å². The summed E-state index contributed by atoms with van der Waals surface area (Å²) in [4.78, 5) is 12.2. The minimum atomic E-state index is 0.205. The molecule has 94 valence electrons. The van der Waals surface area contributed by atoms with Crippen LogP contribution in [-0.4, -0.2) is 39.0 Å². The molecule has 1 aliphatic rings. The molecule has 0 radical (unpaired) electrons. The molecule has 1 unspecified atom stereocenters. The lowest BCUT2D eigenvalue weighted by molar-refractivity contribution is 0.632. The van der Waals surface area contributed by atoms with Crippen molar-refractivity contribution in [3.05, 3.63) is 5.28 Å². The van der Waals surface area contributed by atoms with E-state index in [2.05, 4.69) is 32.5 Å². The maximum atomic E-state index is 5.81. The van der Waals surface area contributed by atoms with Crippen LogP contribution in [0.2, 0.25) is 5.28 Å². The Bertz CT molecular complexity index is 394. The third kappa shape index (κ3) is 3.35. The van der Waals surface area contributed by atoms with Crippen molar-refractivity contribution in [1.29, 1.82) is 0 Å². The summed E-state index contributed by atoms with van der Waals surface area (Å²) in [5.41, 5.74) is 0. The first-order chi connectivity index (χ1) is 8.11. The molecular formula is C10H16ClN5S. The second kappa shape index (κ2) is 5.27. The summed E-state index contributed by atoms with van der Waals surface area (Å²) >= 11 is 7.81. The SMILES string of the molecule is CNc1nc(Cl)nc(NCC2(C)CCCS2)n1. The molecule has 0 aliphatic carbocycles. The van der Waals surface area contributed by atoms with E-state index < -0.39 is 0 Å². The molecule has 0 bridgehead atoms. The molecule has 17 heavy (non-hydrogen) atoms. The Kier molecular flexibility index (Phi) is 3.93. The quantitative estimate of drug-likeness (QED) is 0.877. The molecule has 2 rings (SSSR count). The summed E-state index contributed by atoms with van der Waals surface area (Å²) in [7, 11) is 1.75. The molecule has 0 amide bonds. The third-order valence-electron chi connectivity index (χ3n) is 2.75. The minimum Gasteiger partial charge on any atom is -0.357 e. The van der Waals surface area contributed by atoms with Crippen molar-refractivity contribution in [3.63, 3.8) is 0 Å². The number of thioether (sulfide) groups is 1. The summed E-state index contributed by atoms with van der Waals surface area (Å²) < 4.78 is 0.277. The first-order valence-electron chi connectivity index (χ1n) is 5.58. The largest absolute Gasteiger partial charge is 0.357 e. The van der Waals surface area contributed by atoms with Crippen LogP contribution in [0.3, 0.4) is 0 Å². The smallest absolute Gasteiger partial charge is 0.228 e. The molecule has 0 aromatic carbocycles. The Balaban J connectivity index is 2.00.